The third-order valence-electron chi connectivity index (χ3n) is 4.56. The van der Waals surface area contributed by atoms with Gasteiger partial charge < -0.3 is 14.2 Å². The van der Waals surface area contributed by atoms with Gasteiger partial charge in [-0.2, -0.15) is 0 Å². The second kappa shape index (κ2) is 6.49. The summed E-state index contributed by atoms with van der Waals surface area (Å²) in [5, 5.41) is 0. The van der Waals surface area contributed by atoms with Crippen LogP contribution in [0, 0.1) is 19.8 Å². The van der Waals surface area contributed by atoms with Crippen molar-refractivity contribution in [3.05, 3.63) is 53.5 Å². The number of anilines is 1. The Morgan fingerprint density at radius 1 is 1.30 bits per heavy atom. The van der Waals surface area contributed by atoms with Gasteiger partial charge in [0, 0.05) is 32.4 Å². The summed E-state index contributed by atoms with van der Waals surface area (Å²) < 4.78 is 5.47. The largest absolute Gasteiger partial charge is 0.466 e. The zero-order valence-electron chi connectivity index (χ0n) is 14.1. The molecule has 0 N–H and O–H groups in total. The first-order valence-electron chi connectivity index (χ1n) is 8.17. The average molecular weight is 312 g/mol. The number of carbonyl (C=O) groups is 1. The summed E-state index contributed by atoms with van der Waals surface area (Å²) in [6, 6.07) is 12.3. The predicted octanol–water partition coefficient (Wildman–Crippen LogP) is 3.49. The van der Waals surface area contributed by atoms with Crippen LogP contribution in [0.15, 0.2) is 40.8 Å². The maximum atomic E-state index is 12.6. The summed E-state index contributed by atoms with van der Waals surface area (Å²) in [6.45, 7) is 6.57. The number of amides is 1. The van der Waals surface area contributed by atoms with E-state index >= 15 is 0 Å². The number of aryl methyl sites for hydroxylation is 2. The van der Waals surface area contributed by atoms with E-state index in [4.69, 9.17) is 4.42 Å². The van der Waals surface area contributed by atoms with Crippen LogP contribution in [0.4, 0.5) is 5.69 Å². The lowest BCUT2D eigenvalue weighted by Crippen LogP contribution is -2.33. The SMILES string of the molecule is Cc1cc(C(=O)N(C)CC2CCN(c3ccccc3)C2)c(C)o1. The maximum absolute atomic E-state index is 12.6. The van der Waals surface area contributed by atoms with Crippen LogP contribution < -0.4 is 4.90 Å². The van der Waals surface area contributed by atoms with Crippen molar-refractivity contribution in [3.8, 4) is 0 Å². The molecule has 1 saturated heterocycles. The number of furan rings is 1. The van der Waals surface area contributed by atoms with E-state index in [9.17, 15) is 4.79 Å². The average Bonchev–Trinajstić information content (AvgIpc) is 3.13. The molecule has 0 saturated carbocycles. The first kappa shape index (κ1) is 15.7. The van der Waals surface area contributed by atoms with Crippen LogP contribution in [0.5, 0.6) is 0 Å². The highest BCUT2D eigenvalue weighted by Gasteiger charge is 2.26. The first-order chi connectivity index (χ1) is 11.0. The van der Waals surface area contributed by atoms with Crippen LogP contribution in [-0.2, 0) is 0 Å². The van der Waals surface area contributed by atoms with Crippen molar-refractivity contribution >= 4 is 11.6 Å². The van der Waals surface area contributed by atoms with Gasteiger partial charge in [-0.15, -0.1) is 0 Å². The number of nitrogens with zero attached hydrogens (tertiary/aromatic N) is 2. The summed E-state index contributed by atoms with van der Waals surface area (Å²) in [5.41, 5.74) is 1.95. The van der Waals surface area contributed by atoms with Crippen molar-refractivity contribution in [2.24, 2.45) is 5.92 Å². The van der Waals surface area contributed by atoms with Crippen molar-refractivity contribution in [1.82, 2.24) is 4.90 Å². The van der Waals surface area contributed by atoms with Gasteiger partial charge in [-0.25, -0.2) is 0 Å². The molecule has 0 radical (unpaired) electrons. The van der Waals surface area contributed by atoms with Crippen LogP contribution in [-0.4, -0.2) is 37.5 Å². The van der Waals surface area contributed by atoms with Crippen LogP contribution >= 0.6 is 0 Å². The van der Waals surface area contributed by atoms with E-state index in [1.165, 1.54) is 5.69 Å². The van der Waals surface area contributed by atoms with E-state index in [1.54, 1.807) is 0 Å². The van der Waals surface area contributed by atoms with Gasteiger partial charge in [0.05, 0.1) is 5.56 Å². The molecule has 1 aliphatic heterocycles. The van der Waals surface area contributed by atoms with Crippen molar-refractivity contribution in [2.45, 2.75) is 20.3 Å². The van der Waals surface area contributed by atoms with Crippen LogP contribution in [0.2, 0.25) is 0 Å². The number of hydrogen-bond acceptors (Lipinski definition) is 3. The summed E-state index contributed by atoms with van der Waals surface area (Å²) >= 11 is 0. The Kier molecular flexibility index (Phi) is 4.42. The summed E-state index contributed by atoms with van der Waals surface area (Å²) in [4.78, 5) is 16.8. The molecular weight excluding hydrogens is 288 g/mol. The van der Waals surface area contributed by atoms with Gasteiger partial charge in [-0.05, 0) is 44.4 Å². The van der Waals surface area contributed by atoms with E-state index in [-0.39, 0.29) is 5.91 Å². The molecule has 4 nitrogen and oxygen atoms in total. The molecule has 122 valence electrons. The summed E-state index contributed by atoms with van der Waals surface area (Å²) in [6.07, 6.45) is 1.12. The second-order valence-electron chi connectivity index (χ2n) is 6.45. The van der Waals surface area contributed by atoms with Crippen LogP contribution in [0.3, 0.4) is 0 Å². The van der Waals surface area contributed by atoms with Crippen LogP contribution in [0.25, 0.3) is 0 Å². The fraction of sp³-hybridized carbons (Fsp3) is 0.421. The number of carbonyl (C=O) groups excluding carboxylic acids is 1. The zero-order chi connectivity index (χ0) is 16.4. The molecule has 1 atom stereocenters. The summed E-state index contributed by atoms with van der Waals surface area (Å²) in [5.74, 6) is 2.06. The molecule has 1 aliphatic rings. The van der Waals surface area contributed by atoms with Gasteiger partial charge in [0.25, 0.3) is 5.91 Å². The lowest BCUT2D eigenvalue weighted by Gasteiger charge is -2.22. The quantitative estimate of drug-likeness (QED) is 0.867. The molecule has 1 fully saturated rings. The fourth-order valence-corrected chi connectivity index (χ4v) is 3.37. The highest BCUT2D eigenvalue weighted by molar-refractivity contribution is 5.95. The van der Waals surface area contributed by atoms with Gasteiger partial charge in [0.1, 0.15) is 11.5 Å². The molecule has 1 unspecified atom stereocenters. The minimum atomic E-state index is 0.0533. The molecule has 1 aromatic heterocycles. The zero-order valence-corrected chi connectivity index (χ0v) is 14.1. The minimum Gasteiger partial charge on any atom is -0.466 e. The smallest absolute Gasteiger partial charge is 0.257 e. The molecule has 0 bridgehead atoms. The number of hydrogen-bond donors (Lipinski definition) is 0. The highest BCUT2D eigenvalue weighted by Crippen LogP contribution is 2.24. The molecule has 2 heterocycles. The Morgan fingerprint density at radius 3 is 2.70 bits per heavy atom. The fourth-order valence-electron chi connectivity index (χ4n) is 3.37. The van der Waals surface area contributed by atoms with Crippen molar-refractivity contribution in [3.63, 3.8) is 0 Å². The van der Waals surface area contributed by atoms with Gasteiger partial charge in [-0.3, -0.25) is 4.79 Å². The summed E-state index contributed by atoms with van der Waals surface area (Å²) in [7, 11) is 1.88. The lowest BCUT2D eigenvalue weighted by atomic mass is 10.1. The Balaban J connectivity index is 1.60. The number of para-hydroxylation sites is 1. The molecule has 23 heavy (non-hydrogen) atoms. The number of rotatable bonds is 4. The van der Waals surface area contributed by atoms with Crippen molar-refractivity contribution < 1.29 is 9.21 Å². The molecule has 3 rings (SSSR count). The van der Waals surface area contributed by atoms with Crippen molar-refractivity contribution in [2.75, 3.05) is 31.6 Å². The standard InChI is InChI=1S/C19H24N2O2/c1-14-11-18(15(2)23-14)19(22)20(3)12-16-9-10-21(13-16)17-7-5-4-6-8-17/h4-8,11,16H,9-10,12-13H2,1-3H3. The second-order valence-corrected chi connectivity index (χ2v) is 6.45. The van der Waals surface area contributed by atoms with E-state index in [0.717, 1.165) is 31.8 Å². The predicted molar refractivity (Wildman–Crippen MR) is 91.9 cm³/mol. The molecule has 1 amide bonds. The third kappa shape index (κ3) is 3.41. The first-order valence-corrected chi connectivity index (χ1v) is 8.17. The Bertz CT molecular complexity index is 678. The molecule has 0 spiro atoms. The van der Waals surface area contributed by atoms with Crippen LogP contribution in [0.1, 0.15) is 28.3 Å². The van der Waals surface area contributed by atoms with Gasteiger partial charge in [0.15, 0.2) is 0 Å². The highest BCUT2D eigenvalue weighted by atomic mass is 16.3. The normalized spacial score (nSPS) is 17.5. The van der Waals surface area contributed by atoms with Gasteiger partial charge in [0.2, 0.25) is 0 Å². The molecule has 4 heteroatoms. The lowest BCUT2D eigenvalue weighted by molar-refractivity contribution is 0.0774. The molecule has 0 aliphatic carbocycles. The monoisotopic (exact) mass is 312 g/mol. The van der Waals surface area contributed by atoms with Gasteiger partial charge in [-0.1, -0.05) is 18.2 Å². The maximum Gasteiger partial charge on any atom is 0.257 e. The van der Waals surface area contributed by atoms with E-state index < -0.39 is 0 Å². The van der Waals surface area contributed by atoms with Gasteiger partial charge >= 0.3 is 0 Å². The molecule has 2 aromatic rings. The molecular formula is C19H24N2O2. The topological polar surface area (TPSA) is 36.7 Å². The minimum absolute atomic E-state index is 0.0533. The third-order valence-corrected chi connectivity index (χ3v) is 4.56. The van der Waals surface area contributed by atoms with Crippen molar-refractivity contribution in [1.29, 1.82) is 0 Å². The Morgan fingerprint density at radius 2 is 2.04 bits per heavy atom. The van der Waals surface area contributed by atoms with E-state index in [1.807, 2.05) is 37.9 Å². The Labute approximate surface area is 137 Å². The van der Waals surface area contributed by atoms with E-state index in [0.29, 0.717) is 17.2 Å². The molecule has 1 aromatic carbocycles. The Hall–Kier alpha value is -2.23. The number of benzene rings is 1. The van der Waals surface area contributed by atoms with E-state index in [2.05, 4.69) is 29.2 Å².